The molecule has 0 fully saturated rings. The van der Waals surface area contributed by atoms with E-state index in [1.54, 1.807) is 4.40 Å². The lowest BCUT2D eigenvalue weighted by Gasteiger charge is -2.00. The van der Waals surface area contributed by atoms with Gasteiger partial charge in [-0.25, -0.2) is 9.37 Å². The first-order valence-electron chi connectivity index (χ1n) is 4.72. The van der Waals surface area contributed by atoms with Crippen LogP contribution in [0.25, 0.3) is 17.2 Å². The second-order valence-electron chi connectivity index (χ2n) is 3.31. The SMILES string of the molecule is Fc1ccc(-c2nnc3cncc(Cl)n23)nc1. The number of halogens is 2. The molecule has 7 heteroatoms. The van der Waals surface area contributed by atoms with E-state index in [1.165, 1.54) is 24.5 Å². The van der Waals surface area contributed by atoms with Gasteiger partial charge in [0.1, 0.15) is 16.7 Å². The van der Waals surface area contributed by atoms with Gasteiger partial charge in [-0.1, -0.05) is 11.6 Å². The van der Waals surface area contributed by atoms with E-state index < -0.39 is 5.82 Å². The highest BCUT2D eigenvalue weighted by molar-refractivity contribution is 6.29. The van der Waals surface area contributed by atoms with Crippen LogP contribution in [-0.4, -0.2) is 24.6 Å². The molecule has 5 nitrogen and oxygen atoms in total. The average molecular weight is 250 g/mol. The molecular weight excluding hydrogens is 245 g/mol. The van der Waals surface area contributed by atoms with Gasteiger partial charge in [0.15, 0.2) is 11.5 Å². The Hall–Kier alpha value is -2.08. The molecule has 0 aromatic carbocycles. The Bertz CT molecular complexity index is 679. The van der Waals surface area contributed by atoms with Crippen LogP contribution in [0.2, 0.25) is 5.15 Å². The van der Waals surface area contributed by atoms with Crippen LogP contribution in [-0.2, 0) is 0 Å². The van der Waals surface area contributed by atoms with Crippen molar-refractivity contribution >= 4 is 17.2 Å². The molecule has 0 aliphatic carbocycles. The van der Waals surface area contributed by atoms with Crippen molar-refractivity contribution in [2.45, 2.75) is 0 Å². The van der Waals surface area contributed by atoms with Gasteiger partial charge in [0.25, 0.3) is 0 Å². The summed E-state index contributed by atoms with van der Waals surface area (Å²) in [5, 5.41) is 8.24. The Kier molecular flexibility index (Phi) is 2.22. The summed E-state index contributed by atoms with van der Waals surface area (Å²) in [4.78, 5) is 7.83. The van der Waals surface area contributed by atoms with Gasteiger partial charge in [0, 0.05) is 0 Å². The number of fused-ring (bicyclic) bond motifs is 1. The Balaban J connectivity index is 2.27. The number of hydrogen-bond acceptors (Lipinski definition) is 4. The summed E-state index contributed by atoms with van der Waals surface area (Å²) in [6.07, 6.45) is 4.13. The molecule has 0 unspecified atom stereocenters. The molecule has 3 aromatic rings. The lowest BCUT2D eigenvalue weighted by molar-refractivity contribution is 0.621. The van der Waals surface area contributed by atoms with E-state index in [1.807, 2.05) is 0 Å². The maximum Gasteiger partial charge on any atom is 0.188 e. The third-order valence-corrected chi connectivity index (χ3v) is 2.50. The van der Waals surface area contributed by atoms with Crippen LogP contribution in [0.1, 0.15) is 0 Å². The third-order valence-electron chi connectivity index (χ3n) is 2.23. The van der Waals surface area contributed by atoms with Gasteiger partial charge in [0.05, 0.1) is 18.6 Å². The molecule has 0 saturated heterocycles. The molecule has 0 aliphatic heterocycles. The van der Waals surface area contributed by atoms with Crippen molar-refractivity contribution in [2.75, 3.05) is 0 Å². The fourth-order valence-electron chi connectivity index (χ4n) is 1.49. The predicted octanol–water partition coefficient (Wildman–Crippen LogP) is 1.98. The number of pyridine rings is 1. The number of nitrogens with zero attached hydrogens (tertiary/aromatic N) is 5. The standard InChI is InChI=1S/C10H5ClFN5/c11-8-4-13-5-9-15-16-10(17(8)9)7-2-1-6(12)3-14-7/h1-5H. The molecule has 0 spiro atoms. The van der Waals surface area contributed by atoms with Gasteiger partial charge in [-0.15, -0.1) is 10.2 Å². The average Bonchev–Trinajstić information content (AvgIpc) is 2.75. The molecule has 0 N–H and O–H groups in total. The first-order valence-corrected chi connectivity index (χ1v) is 5.10. The molecular formula is C10H5ClFN5. The molecule has 0 saturated carbocycles. The summed E-state index contributed by atoms with van der Waals surface area (Å²) >= 11 is 6.00. The van der Waals surface area contributed by atoms with Crippen LogP contribution in [0, 0.1) is 5.82 Å². The molecule has 0 radical (unpaired) electrons. The highest BCUT2D eigenvalue weighted by Crippen LogP contribution is 2.19. The second kappa shape index (κ2) is 3.74. The highest BCUT2D eigenvalue weighted by atomic mass is 35.5. The largest absolute Gasteiger partial charge is 0.261 e. The van der Waals surface area contributed by atoms with Crippen molar-refractivity contribution in [3.05, 3.63) is 41.7 Å². The molecule has 3 heterocycles. The van der Waals surface area contributed by atoms with Gasteiger partial charge in [-0.2, -0.15) is 0 Å². The molecule has 0 atom stereocenters. The van der Waals surface area contributed by atoms with E-state index in [4.69, 9.17) is 11.6 Å². The topological polar surface area (TPSA) is 56.0 Å². The third kappa shape index (κ3) is 1.62. The molecule has 0 amide bonds. The molecule has 0 aliphatic rings. The normalized spacial score (nSPS) is 10.9. The minimum absolute atomic E-state index is 0.369. The number of rotatable bonds is 1. The summed E-state index contributed by atoms with van der Waals surface area (Å²) in [5.41, 5.74) is 1.01. The number of hydrogen-bond donors (Lipinski definition) is 0. The van der Waals surface area contributed by atoms with E-state index in [2.05, 4.69) is 20.2 Å². The van der Waals surface area contributed by atoms with E-state index >= 15 is 0 Å². The Morgan fingerprint density at radius 3 is 2.76 bits per heavy atom. The van der Waals surface area contributed by atoms with E-state index in [-0.39, 0.29) is 0 Å². The van der Waals surface area contributed by atoms with Crippen LogP contribution in [0.4, 0.5) is 4.39 Å². The molecule has 3 aromatic heterocycles. The summed E-state index contributed by atoms with van der Waals surface area (Å²) < 4.78 is 14.4. The van der Waals surface area contributed by atoms with Crippen molar-refractivity contribution < 1.29 is 4.39 Å². The Morgan fingerprint density at radius 2 is 2.00 bits per heavy atom. The lowest BCUT2D eigenvalue weighted by Crippen LogP contribution is -1.94. The maximum atomic E-state index is 12.8. The zero-order valence-corrected chi connectivity index (χ0v) is 9.13. The van der Waals surface area contributed by atoms with E-state index in [0.717, 1.165) is 6.20 Å². The first kappa shape index (κ1) is 10.1. The fraction of sp³-hybridized carbons (Fsp3) is 0. The molecule has 0 bridgehead atoms. The number of aromatic nitrogens is 5. The van der Waals surface area contributed by atoms with Crippen molar-refractivity contribution in [1.82, 2.24) is 24.6 Å². The minimum atomic E-state index is -0.407. The van der Waals surface area contributed by atoms with E-state index in [9.17, 15) is 4.39 Å². The maximum absolute atomic E-state index is 12.8. The molecule has 17 heavy (non-hydrogen) atoms. The van der Waals surface area contributed by atoms with Crippen molar-refractivity contribution in [3.63, 3.8) is 0 Å². The lowest BCUT2D eigenvalue weighted by atomic mass is 10.3. The van der Waals surface area contributed by atoms with Crippen molar-refractivity contribution in [2.24, 2.45) is 0 Å². The van der Waals surface area contributed by atoms with Crippen LogP contribution in [0.15, 0.2) is 30.7 Å². The van der Waals surface area contributed by atoms with Crippen molar-refractivity contribution in [1.29, 1.82) is 0 Å². The zero-order chi connectivity index (χ0) is 11.8. The quantitative estimate of drug-likeness (QED) is 0.662. The smallest absolute Gasteiger partial charge is 0.188 e. The van der Waals surface area contributed by atoms with Crippen LogP contribution >= 0.6 is 11.6 Å². The van der Waals surface area contributed by atoms with Crippen LogP contribution < -0.4 is 0 Å². The monoisotopic (exact) mass is 249 g/mol. The molecule has 84 valence electrons. The second-order valence-corrected chi connectivity index (χ2v) is 3.70. The fourth-order valence-corrected chi connectivity index (χ4v) is 1.71. The van der Waals surface area contributed by atoms with Crippen LogP contribution in [0.5, 0.6) is 0 Å². The summed E-state index contributed by atoms with van der Waals surface area (Å²) in [5.74, 6) is 0.0442. The van der Waals surface area contributed by atoms with Gasteiger partial charge >= 0.3 is 0 Å². The Labute approximate surface area is 99.9 Å². The zero-order valence-electron chi connectivity index (χ0n) is 8.38. The summed E-state index contributed by atoms with van der Waals surface area (Å²) in [7, 11) is 0. The van der Waals surface area contributed by atoms with Crippen molar-refractivity contribution in [3.8, 4) is 11.5 Å². The minimum Gasteiger partial charge on any atom is -0.261 e. The van der Waals surface area contributed by atoms with Crippen LogP contribution in [0.3, 0.4) is 0 Å². The first-order chi connectivity index (χ1) is 8.25. The van der Waals surface area contributed by atoms with Gasteiger partial charge in [-0.3, -0.25) is 9.38 Å². The van der Waals surface area contributed by atoms with Gasteiger partial charge < -0.3 is 0 Å². The van der Waals surface area contributed by atoms with Gasteiger partial charge in [-0.05, 0) is 12.1 Å². The van der Waals surface area contributed by atoms with E-state index in [0.29, 0.717) is 22.3 Å². The predicted molar refractivity (Wildman–Crippen MR) is 59.0 cm³/mol. The highest BCUT2D eigenvalue weighted by Gasteiger charge is 2.11. The Morgan fingerprint density at radius 1 is 1.12 bits per heavy atom. The summed E-state index contributed by atoms with van der Waals surface area (Å²) in [6.45, 7) is 0. The summed E-state index contributed by atoms with van der Waals surface area (Å²) in [6, 6.07) is 2.82. The molecule has 3 rings (SSSR count). The van der Waals surface area contributed by atoms with Gasteiger partial charge in [0.2, 0.25) is 0 Å².